The van der Waals surface area contributed by atoms with E-state index in [2.05, 4.69) is 0 Å². The van der Waals surface area contributed by atoms with E-state index in [1.54, 1.807) is 0 Å². The lowest BCUT2D eigenvalue weighted by atomic mass is 9.87. The lowest BCUT2D eigenvalue weighted by Gasteiger charge is -2.51. The summed E-state index contributed by atoms with van der Waals surface area (Å²) in [5.41, 5.74) is 2.32. The molecule has 4 atom stereocenters. The van der Waals surface area contributed by atoms with Gasteiger partial charge in [-0.15, -0.1) is 0 Å². The largest absolute Gasteiger partial charge is 0.393 e. The first kappa shape index (κ1) is 30.1. The molecule has 0 bridgehead atoms. The van der Waals surface area contributed by atoms with E-state index >= 15 is 0 Å². The molecule has 7 nitrogen and oxygen atoms in total. The Morgan fingerprint density at radius 3 is 1.24 bits per heavy atom. The first-order chi connectivity index (χ1) is 20.7. The third kappa shape index (κ3) is 7.70. The zero-order valence-electron chi connectivity index (χ0n) is 23.5. The minimum Gasteiger partial charge on any atom is -0.393 e. The van der Waals surface area contributed by atoms with Gasteiger partial charge in [-0.1, -0.05) is 121 Å². The molecule has 0 radical (unpaired) electrons. The molecule has 0 amide bonds. The number of hydrogen-bond donors (Lipinski definition) is 2. The highest BCUT2D eigenvalue weighted by molar-refractivity contribution is 5.17. The first-order valence-corrected chi connectivity index (χ1v) is 14.2. The average Bonchev–Trinajstić information content (AvgIpc) is 3.06. The maximum Gasteiger partial charge on any atom is 0.187 e. The maximum absolute atomic E-state index is 10.7. The number of benzene rings is 4. The molecule has 1 saturated heterocycles. The van der Waals surface area contributed by atoms with Gasteiger partial charge in [-0.05, 0) is 22.3 Å². The Morgan fingerprint density at radius 1 is 0.476 bits per heavy atom. The van der Waals surface area contributed by atoms with Gasteiger partial charge in [0.1, 0.15) is 23.9 Å². The summed E-state index contributed by atoms with van der Waals surface area (Å²) in [6.07, 6.45) is -3.35. The van der Waals surface area contributed by atoms with Crippen LogP contribution >= 0.6 is 0 Å². The molecule has 2 N–H and O–H groups in total. The minimum atomic E-state index is -1.51. The number of hydrogen-bond acceptors (Lipinski definition) is 7. The normalized spacial score (nSPS) is 21.7. The van der Waals surface area contributed by atoms with Crippen LogP contribution in [0.4, 0.5) is 0 Å². The molecule has 0 aliphatic carbocycles. The van der Waals surface area contributed by atoms with Gasteiger partial charge < -0.3 is 33.9 Å². The summed E-state index contributed by atoms with van der Waals surface area (Å²) in [6, 6.07) is 39.1. The maximum atomic E-state index is 10.7. The van der Waals surface area contributed by atoms with Crippen LogP contribution in [-0.2, 0) is 50.1 Å². The zero-order chi connectivity index (χ0) is 29.0. The Labute approximate surface area is 247 Å². The third-order valence-electron chi connectivity index (χ3n) is 7.40. The van der Waals surface area contributed by atoms with E-state index in [0.29, 0.717) is 0 Å². The Morgan fingerprint density at radius 2 is 0.833 bits per heavy atom. The van der Waals surface area contributed by atoms with Crippen molar-refractivity contribution in [1.82, 2.24) is 0 Å². The third-order valence-corrected chi connectivity index (χ3v) is 7.40. The quantitative estimate of drug-likeness (QED) is 0.220. The summed E-state index contributed by atoms with van der Waals surface area (Å²) in [6.45, 7) is -0.00892. The van der Waals surface area contributed by atoms with E-state index in [1.165, 1.54) is 0 Å². The van der Waals surface area contributed by atoms with Gasteiger partial charge in [0.05, 0.1) is 39.6 Å². The number of rotatable bonds is 14. The van der Waals surface area contributed by atoms with Gasteiger partial charge in [0.15, 0.2) is 6.29 Å². The fraction of sp³-hybridized carbons (Fsp3) is 0.314. The standard InChI is InChI=1S/C35H38O7/c36-25-35(26-37)33(40-23-29-17-9-3-10-18-29)31(38-21-27-13-5-1-6-14-27)32(39-22-28-15-7-2-8-16-28)34(42-35)41-24-30-19-11-4-12-20-30/h1-20,31-34,36-37H,21-26H2/t31-,32+,33+,34+/m1/s1. The van der Waals surface area contributed by atoms with Gasteiger partial charge in [0.2, 0.25) is 0 Å². The highest BCUT2D eigenvalue weighted by atomic mass is 16.7. The van der Waals surface area contributed by atoms with Gasteiger partial charge in [-0.25, -0.2) is 0 Å². The predicted molar refractivity (Wildman–Crippen MR) is 158 cm³/mol. The molecule has 1 fully saturated rings. The van der Waals surface area contributed by atoms with Crippen LogP contribution in [0, 0.1) is 0 Å². The number of aliphatic hydroxyl groups is 2. The Bertz CT molecular complexity index is 1300. The molecular weight excluding hydrogens is 532 g/mol. The molecule has 0 saturated carbocycles. The molecule has 1 heterocycles. The summed E-state index contributed by atoms with van der Waals surface area (Å²) in [7, 11) is 0. The smallest absolute Gasteiger partial charge is 0.187 e. The number of ether oxygens (including phenoxy) is 5. The van der Waals surface area contributed by atoms with Crippen molar-refractivity contribution in [2.75, 3.05) is 13.2 Å². The molecule has 5 rings (SSSR count). The van der Waals surface area contributed by atoms with E-state index < -0.39 is 43.4 Å². The monoisotopic (exact) mass is 570 g/mol. The second-order valence-corrected chi connectivity index (χ2v) is 10.4. The summed E-state index contributed by atoms with van der Waals surface area (Å²) >= 11 is 0. The van der Waals surface area contributed by atoms with Gasteiger partial charge in [-0.3, -0.25) is 0 Å². The van der Waals surface area contributed by atoms with Gasteiger partial charge in [-0.2, -0.15) is 0 Å². The fourth-order valence-corrected chi connectivity index (χ4v) is 5.07. The van der Waals surface area contributed by atoms with Crippen molar-refractivity contribution in [3.05, 3.63) is 144 Å². The summed E-state index contributed by atoms with van der Waals surface area (Å²) in [4.78, 5) is 0. The predicted octanol–water partition coefficient (Wildman–Crippen LogP) is 5.04. The molecule has 4 aromatic rings. The van der Waals surface area contributed by atoms with Crippen molar-refractivity contribution in [3.63, 3.8) is 0 Å². The molecule has 0 aromatic heterocycles. The molecular formula is C35H38O7. The van der Waals surface area contributed by atoms with Crippen LogP contribution in [-0.4, -0.2) is 53.6 Å². The lowest BCUT2D eigenvalue weighted by Crippen LogP contribution is -2.69. The van der Waals surface area contributed by atoms with Gasteiger partial charge >= 0.3 is 0 Å². The summed E-state index contributed by atoms with van der Waals surface area (Å²) in [5.74, 6) is 0. The molecule has 1 aliphatic rings. The van der Waals surface area contributed by atoms with Crippen molar-refractivity contribution in [1.29, 1.82) is 0 Å². The molecule has 1 aliphatic heterocycles. The molecule has 42 heavy (non-hydrogen) atoms. The van der Waals surface area contributed by atoms with Crippen molar-refractivity contribution in [3.8, 4) is 0 Å². The first-order valence-electron chi connectivity index (χ1n) is 14.2. The van der Waals surface area contributed by atoms with Crippen molar-refractivity contribution < 1.29 is 33.9 Å². The van der Waals surface area contributed by atoms with E-state index in [0.717, 1.165) is 22.3 Å². The van der Waals surface area contributed by atoms with Crippen LogP contribution in [0.3, 0.4) is 0 Å². The minimum absolute atomic E-state index is 0.225. The van der Waals surface area contributed by atoms with E-state index in [4.69, 9.17) is 23.7 Å². The average molecular weight is 571 g/mol. The molecule has 7 heteroatoms. The Hall–Kier alpha value is -3.40. The second-order valence-electron chi connectivity index (χ2n) is 10.4. The zero-order valence-corrected chi connectivity index (χ0v) is 23.5. The second kappa shape index (κ2) is 15.2. The van der Waals surface area contributed by atoms with Crippen LogP contribution < -0.4 is 0 Å². The van der Waals surface area contributed by atoms with E-state index in [-0.39, 0.29) is 26.4 Å². The SMILES string of the molecule is OCC1(CO)O[C@H](OCc2ccccc2)[C@@H](OCc2ccccc2)[C@@H](OCc2ccccc2)[C@@H]1OCc1ccccc1. The summed E-state index contributed by atoms with van der Waals surface area (Å²) < 4.78 is 32.3. The van der Waals surface area contributed by atoms with Gasteiger partial charge in [0.25, 0.3) is 0 Å². The highest BCUT2D eigenvalue weighted by Crippen LogP contribution is 2.37. The molecule has 4 aromatic carbocycles. The molecule has 0 spiro atoms. The van der Waals surface area contributed by atoms with E-state index in [1.807, 2.05) is 121 Å². The fourth-order valence-electron chi connectivity index (χ4n) is 5.07. The van der Waals surface area contributed by atoms with Crippen molar-refractivity contribution in [2.45, 2.75) is 56.6 Å². The van der Waals surface area contributed by atoms with Crippen LogP contribution in [0.2, 0.25) is 0 Å². The van der Waals surface area contributed by atoms with Crippen molar-refractivity contribution >= 4 is 0 Å². The number of aliphatic hydroxyl groups excluding tert-OH is 2. The Kier molecular flexibility index (Phi) is 10.9. The van der Waals surface area contributed by atoms with E-state index in [9.17, 15) is 10.2 Å². The van der Waals surface area contributed by atoms with Crippen LogP contribution in [0.15, 0.2) is 121 Å². The lowest BCUT2D eigenvalue weighted by molar-refractivity contribution is -0.366. The molecule has 220 valence electrons. The van der Waals surface area contributed by atoms with Crippen molar-refractivity contribution in [2.24, 2.45) is 0 Å². The van der Waals surface area contributed by atoms with Crippen LogP contribution in [0.5, 0.6) is 0 Å². The highest BCUT2D eigenvalue weighted by Gasteiger charge is 2.57. The topological polar surface area (TPSA) is 86.6 Å². The summed E-state index contributed by atoms with van der Waals surface area (Å²) in [5, 5.41) is 21.4. The molecule has 0 unspecified atom stereocenters. The van der Waals surface area contributed by atoms with Crippen LogP contribution in [0.1, 0.15) is 22.3 Å². The van der Waals surface area contributed by atoms with Crippen LogP contribution in [0.25, 0.3) is 0 Å². The van der Waals surface area contributed by atoms with Gasteiger partial charge in [0, 0.05) is 0 Å². The Balaban J connectivity index is 1.48.